The van der Waals surface area contributed by atoms with Crippen LogP contribution in [0, 0.1) is 0 Å². The third-order valence-corrected chi connectivity index (χ3v) is 3.42. The monoisotopic (exact) mass is 310 g/mol. The van der Waals surface area contributed by atoms with Crippen molar-refractivity contribution in [2.24, 2.45) is 0 Å². The van der Waals surface area contributed by atoms with Crippen LogP contribution in [0.4, 0.5) is 11.4 Å². The number of carbonyl (C=O) groups excluding carboxylic acids is 2. The minimum atomic E-state index is -0.487. The van der Waals surface area contributed by atoms with Gasteiger partial charge < -0.3 is 15.8 Å². The van der Waals surface area contributed by atoms with Gasteiger partial charge >= 0.3 is 5.97 Å². The van der Waals surface area contributed by atoms with E-state index in [4.69, 9.17) is 5.73 Å². The highest BCUT2D eigenvalue weighted by Gasteiger charge is 2.12. The van der Waals surface area contributed by atoms with Crippen LogP contribution in [0.2, 0.25) is 0 Å². The Balaban J connectivity index is 1.83. The number of esters is 1. The summed E-state index contributed by atoms with van der Waals surface area (Å²) in [5, 5.41) is 10.4. The van der Waals surface area contributed by atoms with Gasteiger partial charge in [0.15, 0.2) is 0 Å². The number of amides is 1. The number of nitrogens with two attached hydrogens (primary N) is 1. The third-order valence-electron chi connectivity index (χ3n) is 3.42. The van der Waals surface area contributed by atoms with Gasteiger partial charge in [0.25, 0.3) is 5.91 Å². The lowest BCUT2D eigenvalue weighted by atomic mass is 10.1. The minimum Gasteiger partial charge on any atom is -0.465 e. The summed E-state index contributed by atoms with van der Waals surface area (Å²) in [5.41, 5.74) is 8.14. The van der Waals surface area contributed by atoms with Gasteiger partial charge in [0.2, 0.25) is 0 Å². The second-order valence-electron chi connectivity index (χ2n) is 4.92. The molecule has 2 aromatic carbocycles. The van der Waals surface area contributed by atoms with E-state index in [-0.39, 0.29) is 11.6 Å². The number of anilines is 2. The van der Waals surface area contributed by atoms with Crippen molar-refractivity contribution in [2.45, 2.75) is 0 Å². The van der Waals surface area contributed by atoms with Gasteiger partial charge in [0.05, 0.1) is 35.8 Å². The molecule has 3 rings (SSSR count). The van der Waals surface area contributed by atoms with Crippen LogP contribution in [0.15, 0.2) is 42.6 Å². The lowest BCUT2D eigenvalue weighted by molar-refractivity contribution is 0.0600. The first-order valence-electron chi connectivity index (χ1n) is 6.81. The summed E-state index contributed by atoms with van der Waals surface area (Å²) >= 11 is 0. The predicted molar refractivity (Wildman–Crippen MR) is 86.2 cm³/mol. The first-order chi connectivity index (χ1) is 11.1. The molecule has 0 fully saturated rings. The number of nitrogen functional groups attached to an aromatic ring is 1. The molecule has 0 aliphatic rings. The molecule has 7 heteroatoms. The molecule has 7 nitrogen and oxygen atoms in total. The Morgan fingerprint density at radius 2 is 1.96 bits per heavy atom. The summed E-state index contributed by atoms with van der Waals surface area (Å²) < 4.78 is 4.62. The Labute approximate surface area is 131 Å². The zero-order chi connectivity index (χ0) is 16.4. The van der Waals surface area contributed by atoms with E-state index in [1.807, 2.05) is 0 Å². The smallest absolute Gasteiger partial charge is 0.337 e. The normalized spacial score (nSPS) is 10.5. The SMILES string of the molecule is COC(=O)c1ccc(NC(=O)c2ccc3cn[nH]c3c2)c(N)c1. The molecule has 3 aromatic rings. The third kappa shape index (κ3) is 2.84. The summed E-state index contributed by atoms with van der Waals surface area (Å²) in [6.45, 7) is 0. The number of benzene rings is 2. The van der Waals surface area contributed by atoms with Crippen LogP contribution in [0.3, 0.4) is 0 Å². The lowest BCUT2D eigenvalue weighted by Gasteiger charge is -2.09. The van der Waals surface area contributed by atoms with Crippen molar-refractivity contribution in [1.29, 1.82) is 0 Å². The van der Waals surface area contributed by atoms with Crippen molar-refractivity contribution in [3.8, 4) is 0 Å². The molecule has 4 N–H and O–H groups in total. The number of ether oxygens (including phenoxy) is 1. The van der Waals surface area contributed by atoms with Crippen molar-refractivity contribution >= 4 is 34.2 Å². The molecule has 0 aliphatic carbocycles. The van der Waals surface area contributed by atoms with E-state index in [0.717, 1.165) is 10.9 Å². The summed E-state index contributed by atoms with van der Waals surface area (Å²) in [7, 11) is 1.29. The minimum absolute atomic E-state index is 0.281. The molecule has 1 aromatic heterocycles. The number of hydrogen-bond acceptors (Lipinski definition) is 5. The van der Waals surface area contributed by atoms with Crippen LogP contribution in [0.5, 0.6) is 0 Å². The Bertz CT molecular complexity index is 901. The van der Waals surface area contributed by atoms with Gasteiger partial charge in [-0.15, -0.1) is 0 Å². The zero-order valence-electron chi connectivity index (χ0n) is 12.3. The number of nitrogens with zero attached hydrogens (tertiary/aromatic N) is 1. The molecule has 0 spiro atoms. The number of H-pyrrole nitrogens is 1. The molecule has 0 saturated carbocycles. The fourth-order valence-electron chi connectivity index (χ4n) is 2.19. The van der Waals surface area contributed by atoms with Crippen LogP contribution in [0.1, 0.15) is 20.7 Å². The second kappa shape index (κ2) is 5.80. The topological polar surface area (TPSA) is 110 Å². The van der Waals surface area contributed by atoms with Crippen molar-refractivity contribution in [3.05, 3.63) is 53.7 Å². The number of aromatic nitrogens is 2. The van der Waals surface area contributed by atoms with E-state index in [2.05, 4.69) is 20.3 Å². The fourth-order valence-corrected chi connectivity index (χ4v) is 2.19. The van der Waals surface area contributed by atoms with Gasteiger partial charge in [0, 0.05) is 10.9 Å². The number of nitrogens with one attached hydrogen (secondary N) is 2. The summed E-state index contributed by atoms with van der Waals surface area (Å²) in [4.78, 5) is 23.8. The van der Waals surface area contributed by atoms with E-state index in [9.17, 15) is 9.59 Å². The van der Waals surface area contributed by atoms with Crippen LogP contribution in [-0.4, -0.2) is 29.2 Å². The van der Waals surface area contributed by atoms with Crippen LogP contribution < -0.4 is 11.1 Å². The maximum atomic E-state index is 12.3. The van der Waals surface area contributed by atoms with Crippen molar-refractivity contribution in [1.82, 2.24) is 10.2 Å². The molecule has 23 heavy (non-hydrogen) atoms. The predicted octanol–water partition coefficient (Wildman–Crippen LogP) is 2.18. The summed E-state index contributed by atoms with van der Waals surface area (Å²) in [5.74, 6) is -0.793. The van der Waals surface area contributed by atoms with Gasteiger partial charge in [-0.2, -0.15) is 5.10 Å². The number of methoxy groups -OCH3 is 1. The summed E-state index contributed by atoms with van der Waals surface area (Å²) in [6.07, 6.45) is 1.68. The molecule has 1 heterocycles. The second-order valence-corrected chi connectivity index (χ2v) is 4.92. The first-order valence-corrected chi connectivity index (χ1v) is 6.81. The van der Waals surface area contributed by atoms with E-state index in [0.29, 0.717) is 16.8 Å². The number of rotatable bonds is 3. The molecule has 116 valence electrons. The number of aromatic amines is 1. The highest BCUT2D eigenvalue weighted by molar-refractivity contribution is 6.07. The van der Waals surface area contributed by atoms with Gasteiger partial charge in [-0.1, -0.05) is 6.07 Å². The van der Waals surface area contributed by atoms with Gasteiger partial charge in [-0.3, -0.25) is 9.89 Å². The van der Waals surface area contributed by atoms with E-state index >= 15 is 0 Å². The Kier molecular flexibility index (Phi) is 3.68. The maximum absolute atomic E-state index is 12.3. The van der Waals surface area contributed by atoms with Crippen molar-refractivity contribution in [3.63, 3.8) is 0 Å². The Morgan fingerprint density at radius 1 is 1.17 bits per heavy atom. The maximum Gasteiger partial charge on any atom is 0.337 e. The number of hydrogen-bond donors (Lipinski definition) is 3. The van der Waals surface area contributed by atoms with Gasteiger partial charge in [-0.25, -0.2) is 4.79 Å². The molecule has 0 saturated heterocycles. The van der Waals surface area contributed by atoms with E-state index < -0.39 is 5.97 Å². The van der Waals surface area contributed by atoms with E-state index in [1.165, 1.54) is 19.2 Å². The van der Waals surface area contributed by atoms with E-state index in [1.54, 1.807) is 30.5 Å². The van der Waals surface area contributed by atoms with Crippen molar-refractivity contribution < 1.29 is 14.3 Å². The standard InChI is InChI=1S/C16H14N4O3/c1-23-16(22)10-4-5-13(12(17)6-10)19-15(21)9-2-3-11-8-18-20-14(11)7-9/h2-8H,17H2,1H3,(H,18,20)(H,19,21). The quantitative estimate of drug-likeness (QED) is 0.507. The molecule has 0 radical (unpaired) electrons. The Hall–Kier alpha value is -3.35. The summed E-state index contributed by atoms with van der Waals surface area (Å²) in [6, 6.07) is 9.77. The average molecular weight is 310 g/mol. The molecule has 0 bridgehead atoms. The Morgan fingerprint density at radius 3 is 2.70 bits per heavy atom. The molecular weight excluding hydrogens is 296 g/mol. The molecule has 0 atom stereocenters. The molecule has 0 aliphatic heterocycles. The van der Waals surface area contributed by atoms with Gasteiger partial charge in [0.1, 0.15) is 0 Å². The van der Waals surface area contributed by atoms with Crippen LogP contribution in [-0.2, 0) is 4.74 Å². The molecule has 0 unspecified atom stereocenters. The van der Waals surface area contributed by atoms with Crippen LogP contribution >= 0.6 is 0 Å². The number of carbonyl (C=O) groups is 2. The van der Waals surface area contributed by atoms with Crippen LogP contribution in [0.25, 0.3) is 10.9 Å². The highest BCUT2D eigenvalue weighted by atomic mass is 16.5. The largest absolute Gasteiger partial charge is 0.465 e. The van der Waals surface area contributed by atoms with Crippen molar-refractivity contribution in [2.75, 3.05) is 18.2 Å². The average Bonchev–Trinajstić information content (AvgIpc) is 3.03. The van der Waals surface area contributed by atoms with Gasteiger partial charge in [-0.05, 0) is 30.3 Å². The zero-order valence-corrected chi connectivity index (χ0v) is 12.3. The first kappa shape index (κ1) is 14.6. The fraction of sp³-hybridized carbons (Fsp3) is 0.0625. The molecular formula is C16H14N4O3. The lowest BCUT2D eigenvalue weighted by Crippen LogP contribution is -2.13. The molecule has 1 amide bonds. The highest BCUT2D eigenvalue weighted by Crippen LogP contribution is 2.22. The number of fused-ring (bicyclic) bond motifs is 1.